The highest BCUT2D eigenvalue weighted by atomic mass is 35.5. The minimum atomic E-state index is 0.0199. The normalized spacial score (nSPS) is 13.5. The van der Waals surface area contributed by atoms with Gasteiger partial charge in [-0.3, -0.25) is 0 Å². The third-order valence-corrected chi connectivity index (χ3v) is 4.56. The summed E-state index contributed by atoms with van der Waals surface area (Å²) in [7, 11) is 0. The Morgan fingerprint density at radius 3 is 2.55 bits per heavy atom. The Balaban J connectivity index is 2.34. The van der Waals surface area contributed by atoms with Crippen LogP contribution in [0.1, 0.15) is 54.9 Å². The third kappa shape index (κ3) is 3.60. The van der Waals surface area contributed by atoms with Crippen molar-refractivity contribution in [2.75, 3.05) is 0 Å². The largest absolute Gasteiger partial charge is 0.323 e. The number of thiazole rings is 1. The van der Waals surface area contributed by atoms with Crippen LogP contribution in [0.15, 0.2) is 24.3 Å². The zero-order chi connectivity index (χ0) is 14.9. The summed E-state index contributed by atoms with van der Waals surface area (Å²) < 4.78 is 0. The second-order valence-corrected chi connectivity index (χ2v) is 7.72. The van der Waals surface area contributed by atoms with Gasteiger partial charge in [-0.1, -0.05) is 44.5 Å². The van der Waals surface area contributed by atoms with Crippen LogP contribution in [0.5, 0.6) is 0 Å². The van der Waals surface area contributed by atoms with Gasteiger partial charge in [-0.15, -0.1) is 11.3 Å². The van der Waals surface area contributed by atoms with E-state index in [0.717, 1.165) is 22.1 Å². The van der Waals surface area contributed by atoms with Gasteiger partial charge in [0.1, 0.15) is 0 Å². The van der Waals surface area contributed by atoms with Crippen LogP contribution < -0.4 is 5.73 Å². The van der Waals surface area contributed by atoms with E-state index >= 15 is 0 Å². The summed E-state index contributed by atoms with van der Waals surface area (Å²) in [5, 5.41) is 1.87. The average molecular weight is 309 g/mol. The van der Waals surface area contributed by atoms with Gasteiger partial charge >= 0.3 is 0 Å². The topological polar surface area (TPSA) is 38.9 Å². The lowest BCUT2D eigenvalue weighted by atomic mass is 9.90. The van der Waals surface area contributed by atoms with Crippen LogP contribution >= 0.6 is 22.9 Å². The number of benzene rings is 1. The minimum Gasteiger partial charge on any atom is -0.323 e. The van der Waals surface area contributed by atoms with Crippen LogP contribution in [-0.4, -0.2) is 4.98 Å². The van der Waals surface area contributed by atoms with Crippen LogP contribution in [0.2, 0.25) is 5.02 Å². The first kappa shape index (κ1) is 15.5. The predicted octanol–water partition coefficient (Wildman–Crippen LogP) is 4.70. The van der Waals surface area contributed by atoms with Crippen LogP contribution in [-0.2, 0) is 11.8 Å². The lowest BCUT2D eigenvalue weighted by Gasteiger charge is -2.18. The summed E-state index contributed by atoms with van der Waals surface area (Å²) in [6.45, 7) is 8.55. The van der Waals surface area contributed by atoms with Crippen molar-refractivity contribution in [3.05, 3.63) is 50.4 Å². The molecule has 0 aliphatic heterocycles. The van der Waals surface area contributed by atoms with Gasteiger partial charge in [0.15, 0.2) is 0 Å². The highest BCUT2D eigenvalue weighted by Crippen LogP contribution is 2.33. The van der Waals surface area contributed by atoms with Crippen molar-refractivity contribution in [2.45, 2.75) is 45.6 Å². The highest BCUT2D eigenvalue weighted by Gasteiger charge is 2.24. The number of hydrogen-bond donors (Lipinski definition) is 1. The van der Waals surface area contributed by atoms with Crippen molar-refractivity contribution in [1.82, 2.24) is 4.98 Å². The molecule has 2 N–H and O–H groups in total. The van der Waals surface area contributed by atoms with Gasteiger partial charge in [-0.25, -0.2) is 4.98 Å². The van der Waals surface area contributed by atoms with Crippen LogP contribution in [0.3, 0.4) is 0 Å². The van der Waals surface area contributed by atoms with Gasteiger partial charge in [0.25, 0.3) is 0 Å². The number of aromatic nitrogens is 1. The molecule has 0 fully saturated rings. The Bertz CT molecular complexity index is 597. The molecule has 0 spiro atoms. The molecule has 108 valence electrons. The molecule has 2 aromatic rings. The number of hydrogen-bond acceptors (Lipinski definition) is 3. The predicted molar refractivity (Wildman–Crippen MR) is 87.7 cm³/mol. The van der Waals surface area contributed by atoms with Crippen molar-refractivity contribution in [2.24, 2.45) is 5.73 Å². The second-order valence-electron chi connectivity index (χ2n) is 6.17. The third-order valence-electron chi connectivity index (χ3n) is 3.07. The number of nitrogens with zero attached hydrogens (tertiary/aromatic N) is 1. The minimum absolute atomic E-state index is 0.0199. The first-order valence-corrected chi connectivity index (χ1v) is 7.97. The molecule has 2 rings (SSSR count). The molecule has 1 aromatic carbocycles. The van der Waals surface area contributed by atoms with Gasteiger partial charge in [0.2, 0.25) is 0 Å². The van der Waals surface area contributed by atoms with Crippen molar-refractivity contribution in [3.8, 4) is 0 Å². The first-order valence-electron chi connectivity index (χ1n) is 6.77. The fourth-order valence-corrected chi connectivity index (χ4v) is 3.60. The Labute approximate surface area is 130 Å². The lowest BCUT2D eigenvalue weighted by Crippen LogP contribution is -2.17. The second kappa shape index (κ2) is 5.84. The molecular formula is C16H21ClN2S. The molecule has 20 heavy (non-hydrogen) atoms. The maximum atomic E-state index is 6.09. The van der Waals surface area contributed by atoms with E-state index in [1.165, 1.54) is 10.4 Å². The molecule has 2 nitrogen and oxygen atoms in total. The summed E-state index contributed by atoms with van der Waals surface area (Å²) in [6, 6.07) is 7.96. The standard InChI is InChI=1S/C16H21ClN2S/c1-10(18)14-15(16(2,3)4)19-13(20-14)9-11-6-5-7-12(17)8-11/h5-8,10H,9,18H2,1-4H3. The highest BCUT2D eigenvalue weighted by molar-refractivity contribution is 7.11. The van der Waals surface area contributed by atoms with Crippen LogP contribution in [0.25, 0.3) is 0 Å². The molecule has 0 radical (unpaired) electrons. The Kier molecular flexibility index (Phi) is 4.52. The zero-order valence-corrected chi connectivity index (χ0v) is 14.0. The van der Waals surface area contributed by atoms with E-state index in [4.69, 9.17) is 22.3 Å². The molecular weight excluding hydrogens is 288 g/mol. The van der Waals surface area contributed by atoms with Gasteiger partial charge in [0.05, 0.1) is 10.7 Å². The quantitative estimate of drug-likeness (QED) is 0.892. The van der Waals surface area contributed by atoms with E-state index in [0.29, 0.717) is 0 Å². The fraction of sp³-hybridized carbons (Fsp3) is 0.438. The van der Waals surface area contributed by atoms with E-state index in [1.807, 2.05) is 25.1 Å². The Hall–Kier alpha value is -0.900. The smallest absolute Gasteiger partial charge is 0.0975 e. The molecule has 0 saturated carbocycles. The van der Waals surface area contributed by atoms with E-state index in [-0.39, 0.29) is 11.5 Å². The molecule has 0 amide bonds. The molecule has 1 heterocycles. The molecule has 0 bridgehead atoms. The van der Waals surface area contributed by atoms with Gasteiger partial charge in [0, 0.05) is 27.8 Å². The van der Waals surface area contributed by atoms with Crippen molar-refractivity contribution >= 4 is 22.9 Å². The number of halogens is 1. The summed E-state index contributed by atoms with van der Waals surface area (Å²) >= 11 is 7.75. The Morgan fingerprint density at radius 2 is 2.05 bits per heavy atom. The summed E-state index contributed by atoms with van der Waals surface area (Å²) in [5.74, 6) is 0. The fourth-order valence-electron chi connectivity index (χ4n) is 2.12. The molecule has 1 aromatic heterocycles. The molecule has 1 atom stereocenters. The molecule has 0 saturated heterocycles. The van der Waals surface area contributed by atoms with E-state index in [9.17, 15) is 0 Å². The summed E-state index contributed by atoms with van der Waals surface area (Å²) in [6.07, 6.45) is 0.807. The number of nitrogens with two attached hydrogens (primary N) is 1. The van der Waals surface area contributed by atoms with E-state index < -0.39 is 0 Å². The summed E-state index contributed by atoms with van der Waals surface area (Å²) in [4.78, 5) is 6.01. The van der Waals surface area contributed by atoms with Gasteiger partial charge < -0.3 is 5.73 Å². The molecule has 0 aliphatic rings. The van der Waals surface area contributed by atoms with Gasteiger partial charge in [-0.2, -0.15) is 0 Å². The van der Waals surface area contributed by atoms with Crippen molar-refractivity contribution in [3.63, 3.8) is 0 Å². The van der Waals surface area contributed by atoms with Crippen molar-refractivity contribution in [1.29, 1.82) is 0 Å². The monoisotopic (exact) mass is 308 g/mol. The van der Waals surface area contributed by atoms with Gasteiger partial charge in [-0.05, 0) is 24.6 Å². The Morgan fingerprint density at radius 1 is 1.35 bits per heavy atom. The van der Waals surface area contributed by atoms with E-state index in [1.54, 1.807) is 11.3 Å². The van der Waals surface area contributed by atoms with Crippen LogP contribution in [0, 0.1) is 0 Å². The van der Waals surface area contributed by atoms with Crippen molar-refractivity contribution < 1.29 is 0 Å². The van der Waals surface area contributed by atoms with Crippen LogP contribution in [0.4, 0.5) is 0 Å². The maximum absolute atomic E-state index is 6.09. The van der Waals surface area contributed by atoms with E-state index in [2.05, 4.69) is 26.8 Å². The molecule has 1 unspecified atom stereocenters. The zero-order valence-electron chi connectivity index (χ0n) is 12.4. The SMILES string of the molecule is CC(N)c1sc(Cc2cccc(Cl)c2)nc1C(C)(C)C. The number of rotatable bonds is 3. The average Bonchev–Trinajstić information content (AvgIpc) is 2.73. The lowest BCUT2D eigenvalue weighted by molar-refractivity contribution is 0.559. The molecule has 4 heteroatoms. The summed E-state index contributed by atoms with van der Waals surface area (Å²) in [5.41, 5.74) is 8.41. The first-order chi connectivity index (χ1) is 9.27. The maximum Gasteiger partial charge on any atom is 0.0975 e. The molecule has 0 aliphatic carbocycles.